The van der Waals surface area contributed by atoms with E-state index >= 15 is 0 Å². The molecule has 0 aromatic heterocycles. The SMILES string of the molecule is CC1(C)C[C@@H]2C3=CC[C@@H]4[C@]5(C)CC[C@H](O)[C@](C)(CO)[C@@H]5CC[C@]4(C)[C@]3(C)CC[C@]2(C)[C@H](O)[C@H]1O. The molecule has 0 amide bonds. The maximum atomic E-state index is 11.3. The van der Waals surface area contributed by atoms with Crippen LogP contribution in [0.3, 0.4) is 0 Å². The van der Waals surface area contributed by atoms with Crippen molar-refractivity contribution < 1.29 is 20.4 Å². The Labute approximate surface area is 207 Å². The maximum Gasteiger partial charge on any atom is 0.0863 e. The first-order valence-corrected chi connectivity index (χ1v) is 14.0. The molecule has 5 aliphatic carbocycles. The van der Waals surface area contributed by atoms with E-state index in [1.54, 1.807) is 5.57 Å². The standard InChI is InChI=1S/C30H50O4/c1-25(2)16-19-18-8-9-21-27(4)12-11-22(32)28(5,17-31)20(27)10-13-30(21,7)29(18,6)15-14-26(19,3)24(34)23(25)33/h8,19-24,31-34H,9-17H2,1-7H3/t19-,20-,21-,22+,23-,24-,26+,27-,28-,29-,30+/m1/s1. The van der Waals surface area contributed by atoms with Crippen molar-refractivity contribution in [1.82, 2.24) is 0 Å². The number of allylic oxidation sites excluding steroid dienone is 2. The topological polar surface area (TPSA) is 80.9 Å². The molecular weight excluding hydrogens is 424 g/mol. The number of rotatable bonds is 1. The Bertz CT molecular complexity index is 881. The highest BCUT2D eigenvalue weighted by atomic mass is 16.3. The van der Waals surface area contributed by atoms with E-state index in [-0.39, 0.29) is 33.7 Å². The molecule has 34 heavy (non-hydrogen) atoms. The molecule has 0 aromatic carbocycles. The van der Waals surface area contributed by atoms with E-state index in [0.717, 1.165) is 51.4 Å². The second-order valence-electron chi connectivity index (χ2n) is 15.2. The smallest absolute Gasteiger partial charge is 0.0863 e. The second kappa shape index (κ2) is 7.33. The summed E-state index contributed by atoms with van der Waals surface area (Å²) in [5.41, 5.74) is 0.920. The Morgan fingerprint density at radius 3 is 2.12 bits per heavy atom. The van der Waals surface area contributed by atoms with Gasteiger partial charge in [-0.2, -0.15) is 0 Å². The van der Waals surface area contributed by atoms with Crippen LogP contribution in [0.2, 0.25) is 0 Å². The van der Waals surface area contributed by atoms with Gasteiger partial charge in [-0.1, -0.05) is 60.1 Å². The zero-order chi connectivity index (χ0) is 25.1. The fraction of sp³-hybridized carbons (Fsp3) is 0.933. The van der Waals surface area contributed by atoms with Crippen LogP contribution in [0.25, 0.3) is 0 Å². The van der Waals surface area contributed by atoms with E-state index in [1.807, 2.05) is 0 Å². The number of aliphatic hydroxyl groups is 4. The second-order valence-corrected chi connectivity index (χ2v) is 15.2. The molecule has 0 saturated heterocycles. The Balaban J connectivity index is 1.58. The van der Waals surface area contributed by atoms with E-state index in [2.05, 4.69) is 54.5 Å². The maximum absolute atomic E-state index is 11.3. The normalized spacial score (nSPS) is 58.6. The minimum atomic E-state index is -0.685. The summed E-state index contributed by atoms with van der Waals surface area (Å²) in [6.07, 6.45) is 8.79. The summed E-state index contributed by atoms with van der Waals surface area (Å²) < 4.78 is 0. The monoisotopic (exact) mass is 474 g/mol. The molecule has 0 aromatic rings. The molecule has 4 fully saturated rings. The van der Waals surface area contributed by atoms with Crippen LogP contribution in [0.5, 0.6) is 0 Å². The molecule has 0 radical (unpaired) electrons. The van der Waals surface area contributed by atoms with Gasteiger partial charge >= 0.3 is 0 Å². The molecule has 0 aliphatic heterocycles. The Morgan fingerprint density at radius 2 is 1.47 bits per heavy atom. The van der Waals surface area contributed by atoms with Crippen molar-refractivity contribution in [2.75, 3.05) is 6.61 Å². The van der Waals surface area contributed by atoms with E-state index < -0.39 is 23.7 Å². The average molecular weight is 475 g/mol. The van der Waals surface area contributed by atoms with E-state index in [0.29, 0.717) is 17.8 Å². The molecule has 4 saturated carbocycles. The lowest BCUT2D eigenvalue weighted by atomic mass is 9.33. The van der Waals surface area contributed by atoms with Gasteiger partial charge in [-0.25, -0.2) is 0 Å². The molecule has 11 atom stereocenters. The number of hydrogen-bond acceptors (Lipinski definition) is 4. The average Bonchev–Trinajstić information content (AvgIpc) is 2.77. The van der Waals surface area contributed by atoms with Gasteiger partial charge in [-0.05, 0) is 90.8 Å². The van der Waals surface area contributed by atoms with Gasteiger partial charge in [0.25, 0.3) is 0 Å². The van der Waals surface area contributed by atoms with Crippen LogP contribution in [0.1, 0.15) is 99.8 Å². The van der Waals surface area contributed by atoms with Crippen molar-refractivity contribution in [2.24, 2.45) is 50.2 Å². The molecule has 5 rings (SSSR count). The third kappa shape index (κ3) is 2.81. The largest absolute Gasteiger partial charge is 0.396 e. The van der Waals surface area contributed by atoms with E-state index in [4.69, 9.17) is 0 Å². The van der Waals surface area contributed by atoms with Gasteiger partial charge < -0.3 is 20.4 Å². The summed E-state index contributed by atoms with van der Waals surface area (Å²) in [6.45, 7) is 16.2. The van der Waals surface area contributed by atoms with Gasteiger partial charge in [0.1, 0.15) is 0 Å². The third-order valence-corrected chi connectivity index (χ3v) is 13.5. The van der Waals surface area contributed by atoms with Crippen LogP contribution >= 0.6 is 0 Å². The molecule has 5 aliphatic rings. The highest BCUT2D eigenvalue weighted by Gasteiger charge is 2.69. The molecule has 0 bridgehead atoms. The lowest BCUT2D eigenvalue weighted by Crippen LogP contribution is -2.67. The minimum Gasteiger partial charge on any atom is -0.396 e. The molecule has 194 valence electrons. The van der Waals surface area contributed by atoms with Crippen molar-refractivity contribution in [3.05, 3.63) is 11.6 Å². The van der Waals surface area contributed by atoms with Gasteiger partial charge in [-0.3, -0.25) is 0 Å². The van der Waals surface area contributed by atoms with Gasteiger partial charge in [0, 0.05) is 10.8 Å². The Kier molecular flexibility index (Phi) is 5.44. The summed E-state index contributed by atoms with van der Waals surface area (Å²) in [4.78, 5) is 0. The summed E-state index contributed by atoms with van der Waals surface area (Å²) >= 11 is 0. The first-order chi connectivity index (χ1) is 15.6. The van der Waals surface area contributed by atoms with Crippen LogP contribution in [-0.4, -0.2) is 45.3 Å². The molecule has 0 heterocycles. The third-order valence-electron chi connectivity index (χ3n) is 13.5. The van der Waals surface area contributed by atoms with Crippen molar-refractivity contribution >= 4 is 0 Å². The van der Waals surface area contributed by atoms with Gasteiger partial charge in [-0.15, -0.1) is 0 Å². The number of aliphatic hydroxyl groups excluding tert-OH is 4. The van der Waals surface area contributed by atoms with Crippen LogP contribution in [-0.2, 0) is 0 Å². The van der Waals surface area contributed by atoms with Gasteiger partial charge in [0.05, 0.1) is 24.9 Å². The Morgan fingerprint density at radius 1 is 0.794 bits per heavy atom. The zero-order valence-electron chi connectivity index (χ0n) is 22.7. The van der Waals surface area contributed by atoms with Crippen molar-refractivity contribution in [2.45, 2.75) is 118 Å². The summed E-state index contributed by atoms with van der Waals surface area (Å²) in [5, 5.41) is 43.6. The summed E-state index contributed by atoms with van der Waals surface area (Å²) in [5.74, 6) is 1.17. The van der Waals surface area contributed by atoms with Crippen molar-refractivity contribution in [3.63, 3.8) is 0 Å². The molecule has 4 N–H and O–H groups in total. The quantitative estimate of drug-likeness (QED) is 0.399. The Hall–Kier alpha value is -0.420. The molecule has 4 heteroatoms. The van der Waals surface area contributed by atoms with Crippen molar-refractivity contribution in [1.29, 1.82) is 0 Å². The van der Waals surface area contributed by atoms with Crippen molar-refractivity contribution in [3.8, 4) is 0 Å². The van der Waals surface area contributed by atoms with Gasteiger partial charge in [0.15, 0.2) is 0 Å². The zero-order valence-corrected chi connectivity index (χ0v) is 22.7. The minimum absolute atomic E-state index is 0.0614. The fourth-order valence-electron chi connectivity index (χ4n) is 10.7. The lowest BCUT2D eigenvalue weighted by Gasteiger charge is -2.72. The van der Waals surface area contributed by atoms with Crippen LogP contribution < -0.4 is 0 Å². The number of fused-ring (bicyclic) bond motifs is 7. The van der Waals surface area contributed by atoms with Crippen LogP contribution in [0.15, 0.2) is 11.6 Å². The number of hydrogen-bond donors (Lipinski definition) is 4. The first kappa shape index (κ1) is 25.2. The highest BCUT2D eigenvalue weighted by Crippen LogP contribution is 2.75. The van der Waals surface area contributed by atoms with E-state index in [9.17, 15) is 20.4 Å². The highest BCUT2D eigenvalue weighted by molar-refractivity contribution is 5.34. The van der Waals surface area contributed by atoms with Crippen LogP contribution in [0.4, 0.5) is 0 Å². The molecule has 4 nitrogen and oxygen atoms in total. The molecule has 0 unspecified atom stereocenters. The molecule has 0 spiro atoms. The first-order valence-electron chi connectivity index (χ1n) is 14.0. The fourth-order valence-corrected chi connectivity index (χ4v) is 10.7. The van der Waals surface area contributed by atoms with Gasteiger partial charge in [0.2, 0.25) is 0 Å². The summed E-state index contributed by atoms with van der Waals surface area (Å²) in [6, 6.07) is 0. The summed E-state index contributed by atoms with van der Waals surface area (Å²) in [7, 11) is 0. The lowest BCUT2D eigenvalue weighted by molar-refractivity contribution is -0.225. The van der Waals surface area contributed by atoms with Crippen LogP contribution in [0, 0.1) is 50.2 Å². The molecular formula is C30H50O4. The predicted molar refractivity (Wildman–Crippen MR) is 135 cm³/mol. The predicted octanol–water partition coefficient (Wildman–Crippen LogP) is 5.08. The van der Waals surface area contributed by atoms with E-state index in [1.165, 1.54) is 0 Å².